The van der Waals surface area contributed by atoms with Crippen molar-refractivity contribution < 1.29 is 14.3 Å². The number of pyridine rings is 1. The molecule has 0 aromatic carbocycles. The van der Waals surface area contributed by atoms with Gasteiger partial charge in [0, 0.05) is 43.8 Å². The molecule has 2 aliphatic rings. The number of likely N-dealkylation sites (tertiary alicyclic amines) is 1. The van der Waals surface area contributed by atoms with Crippen LogP contribution in [0, 0.1) is 0 Å². The third kappa shape index (κ3) is 3.20. The van der Waals surface area contributed by atoms with Gasteiger partial charge in [0.05, 0.1) is 36.1 Å². The highest BCUT2D eigenvalue weighted by atomic mass is 32.1. The van der Waals surface area contributed by atoms with Crippen molar-refractivity contribution in [1.82, 2.24) is 19.4 Å². The average molecular weight is 425 g/mol. The van der Waals surface area contributed by atoms with Gasteiger partial charge < -0.3 is 18.9 Å². The molecular formula is C22H24N4O3S. The number of aromatic nitrogens is 3. The fourth-order valence-corrected chi connectivity index (χ4v) is 5.60. The second-order valence-corrected chi connectivity index (χ2v) is 8.91. The normalized spacial score (nSPS) is 17.7. The largest absolute Gasteiger partial charge is 0.495 e. The smallest absolute Gasteiger partial charge is 0.289 e. The molecule has 0 radical (unpaired) electrons. The Labute approximate surface area is 179 Å². The van der Waals surface area contributed by atoms with Gasteiger partial charge in [-0.25, -0.2) is 4.98 Å². The number of rotatable bonds is 3. The molecule has 5 heterocycles. The SMILES string of the molecule is COc1ccc(-c2cc3c(s2)CCOC32CCN(C(=O)c3nccn3C)CC2)nc1. The lowest BCUT2D eigenvalue weighted by Gasteiger charge is -2.43. The number of piperidine rings is 1. The molecular weight excluding hydrogens is 400 g/mol. The van der Waals surface area contributed by atoms with Gasteiger partial charge in [-0.3, -0.25) is 9.78 Å². The Morgan fingerprint density at radius 3 is 2.77 bits per heavy atom. The van der Waals surface area contributed by atoms with Gasteiger partial charge in [0.1, 0.15) is 5.75 Å². The van der Waals surface area contributed by atoms with Crippen LogP contribution in [0.15, 0.2) is 36.8 Å². The third-order valence-corrected chi connectivity index (χ3v) is 7.32. The number of imidazole rings is 1. The first-order valence-corrected chi connectivity index (χ1v) is 11.0. The minimum Gasteiger partial charge on any atom is -0.495 e. The van der Waals surface area contributed by atoms with E-state index in [0.29, 0.717) is 18.9 Å². The molecule has 7 nitrogen and oxygen atoms in total. The van der Waals surface area contributed by atoms with Gasteiger partial charge in [0.2, 0.25) is 0 Å². The summed E-state index contributed by atoms with van der Waals surface area (Å²) in [5.74, 6) is 1.23. The van der Waals surface area contributed by atoms with Crippen molar-refractivity contribution in [2.45, 2.75) is 24.9 Å². The average Bonchev–Trinajstić information content (AvgIpc) is 3.41. The van der Waals surface area contributed by atoms with Crippen LogP contribution in [0.3, 0.4) is 0 Å². The van der Waals surface area contributed by atoms with Gasteiger partial charge in [-0.2, -0.15) is 0 Å². The first-order valence-electron chi connectivity index (χ1n) is 10.1. The lowest BCUT2D eigenvalue weighted by atomic mass is 9.82. The molecule has 0 aliphatic carbocycles. The maximum atomic E-state index is 12.8. The molecule has 1 spiro atoms. The Hall–Kier alpha value is -2.71. The Balaban J connectivity index is 1.38. The summed E-state index contributed by atoms with van der Waals surface area (Å²) in [6.07, 6.45) is 7.73. The molecule has 0 saturated carbocycles. The molecule has 0 N–H and O–H groups in total. The van der Waals surface area contributed by atoms with Crippen LogP contribution in [-0.2, 0) is 23.8 Å². The Morgan fingerprint density at radius 1 is 1.27 bits per heavy atom. The van der Waals surface area contributed by atoms with E-state index in [-0.39, 0.29) is 11.5 Å². The van der Waals surface area contributed by atoms with Gasteiger partial charge in [-0.15, -0.1) is 11.3 Å². The zero-order valence-corrected chi connectivity index (χ0v) is 17.9. The number of fused-ring (bicyclic) bond motifs is 2. The third-order valence-electron chi connectivity index (χ3n) is 6.10. The summed E-state index contributed by atoms with van der Waals surface area (Å²) in [5, 5.41) is 0. The van der Waals surface area contributed by atoms with Crippen LogP contribution in [0.1, 0.15) is 33.9 Å². The van der Waals surface area contributed by atoms with E-state index in [1.54, 1.807) is 41.6 Å². The number of carbonyl (C=O) groups excluding carboxylic acids is 1. The summed E-state index contributed by atoms with van der Waals surface area (Å²) in [7, 11) is 3.49. The van der Waals surface area contributed by atoms with E-state index in [2.05, 4.69) is 16.0 Å². The van der Waals surface area contributed by atoms with Gasteiger partial charge in [-0.1, -0.05) is 0 Å². The Morgan fingerprint density at radius 2 is 2.10 bits per heavy atom. The van der Waals surface area contributed by atoms with E-state index in [1.165, 1.54) is 10.4 Å². The lowest BCUT2D eigenvalue weighted by molar-refractivity contribution is -0.0927. The van der Waals surface area contributed by atoms with Crippen molar-refractivity contribution in [3.63, 3.8) is 0 Å². The Bertz CT molecular complexity index is 1060. The predicted molar refractivity (Wildman–Crippen MR) is 114 cm³/mol. The van der Waals surface area contributed by atoms with Crippen LogP contribution >= 0.6 is 11.3 Å². The van der Waals surface area contributed by atoms with Gasteiger partial charge in [-0.05, 0) is 36.6 Å². The summed E-state index contributed by atoms with van der Waals surface area (Å²) in [6, 6.07) is 6.18. The number of thiophene rings is 1. The quantitative estimate of drug-likeness (QED) is 0.646. The number of hydrogen-bond acceptors (Lipinski definition) is 6. The number of carbonyl (C=O) groups is 1. The summed E-state index contributed by atoms with van der Waals surface area (Å²) >= 11 is 1.80. The van der Waals surface area contributed by atoms with E-state index in [0.717, 1.165) is 42.2 Å². The molecule has 1 saturated heterocycles. The zero-order valence-electron chi connectivity index (χ0n) is 17.1. The van der Waals surface area contributed by atoms with Crippen LogP contribution in [0.5, 0.6) is 5.75 Å². The predicted octanol–water partition coefficient (Wildman–Crippen LogP) is 3.26. The zero-order chi connectivity index (χ0) is 20.7. The van der Waals surface area contributed by atoms with Gasteiger partial charge in [0.15, 0.2) is 5.82 Å². The minimum atomic E-state index is -0.312. The molecule has 3 aromatic heterocycles. The van der Waals surface area contributed by atoms with E-state index < -0.39 is 0 Å². The fraction of sp³-hybridized carbons (Fsp3) is 0.409. The van der Waals surface area contributed by atoms with Gasteiger partial charge in [0.25, 0.3) is 5.91 Å². The number of ether oxygens (including phenoxy) is 2. The highest BCUT2D eigenvalue weighted by Crippen LogP contribution is 2.46. The van der Waals surface area contributed by atoms with Crippen LogP contribution in [-0.4, -0.2) is 52.1 Å². The molecule has 5 rings (SSSR count). The van der Waals surface area contributed by atoms with E-state index in [4.69, 9.17) is 9.47 Å². The molecule has 2 aliphatic heterocycles. The molecule has 0 atom stereocenters. The molecule has 1 fully saturated rings. The summed E-state index contributed by atoms with van der Waals surface area (Å²) < 4.78 is 13.4. The first kappa shape index (κ1) is 19.3. The molecule has 156 valence electrons. The molecule has 0 bridgehead atoms. The van der Waals surface area contributed by atoms with Crippen molar-refractivity contribution in [3.05, 3.63) is 53.1 Å². The first-order chi connectivity index (χ1) is 14.6. The number of aryl methyl sites for hydroxylation is 1. The second kappa shape index (κ2) is 7.52. The van der Waals surface area contributed by atoms with Crippen molar-refractivity contribution in [3.8, 4) is 16.3 Å². The summed E-state index contributed by atoms with van der Waals surface area (Å²) in [4.78, 5) is 26.0. The molecule has 30 heavy (non-hydrogen) atoms. The van der Waals surface area contributed by atoms with Crippen LogP contribution < -0.4 is 4.74 Å². The van der Waals surface area contributed by atoms with Crippen molar-refractivity contribution >= 4 is 17.2 Å². The summed E-state index contributed by atoms with van der Waals surface area (Å²) in [6.45, 7) is 2.05. The highest BCUT2D eigenvalue weighted by Gasteiger charge is 2.43. The van der Waals surface area contributed by atoms with Crippen LogP contribution in [0.25, 0.3) is 10.6 Å². The van der Waals surface area contributed by atoms with Crippen molar-refractivity contribution in [2.24, 2.45) is 7.05 Å². The van der Waals surface area contributed by atoms with Crippen LogP contribution in [0.4, 0.5) is 0 Å². The molecule has 8 heteroatoms. The van der Waals surface area contributed by atoms with Crippen molar-refractivity contribution in [2.75, 3.05) is 26.8 Å². The highest BCUT2D eigenvalue weighted by molar-refractivity contribution is 7.15. The Kier molecular flexibility index (Phi) is 4.83. The summed E-state index contributed by atoms with van der Waals surface area (Å²) in [5.41, 5.74) is 1.91. The standard InChI is InChI=1S/C22H24N4O3S/c1-25-11-8-23-20(25)21(27)26-9-6-22(7-10-26)16-13-19(30-18(16)5-12-29-22)17-4-3-15(28-2)14-24-17/h3-4,8,11,13-14H,5-7,9-10,12H2,1-2H3. The second-order valence-electron chi connectivity index (χ2n) is 7.78. The molecule has 3 aromatic rings. The minimum absolute atomic E-state index is 0.0122. The van der Waals surface area contributed by atoms with E-state index >= 15 is 0 Å². The maximum absolute atomic E-state index is 12.8. The number of hydrogen-bond donors (Lipinski definition) is 0. The number of amides is 1. The number of methoxy groups -OCH3 is 1. The topological polar surface area (TPSA) is 69.5 Å². The lowest BCUT2D eigenvalue weighted by Crippen LogP contribution is -2.48. The van der Waals surface area contributed by atoms with Crippen LogP contribution in [0.2, 0.25) is 0 Å². The van der Waals surface area contributed by atoms with Crippen molar-refractivity contribution in [1.29, 1.82) is 0 Å². The van der Waals surface area contributed by atoms with Gasteiger partial charge >= 0.3 is 0 Å². The molecule has 1 amide bonds. The molecule has 0 unspecified atom stereocenters. The van der Waals surface area contributed by atoms with E-state index in [9.17, 15) is 4.79 Å². The monoisotopic (exact) mass is 424 g/mol. The maximum Gasteiger partial charge on any atom is 0.289 e. The van der Waals surface area contributed by atoms with E-state index in [1.807, 2.05) is 24.1 Å². The fourth-order valence-electron chi connectivity index (χ4n) is 4.39. The number of nitrogens with zero attached hydrogens (tertiary/aromatic N) is 4.